The smallest absolute Gasteiger partial charge is 0.332 e. The number of rotatable bonds is 6. The normalized spacial score (nSPS) is 15.9. The highest BCUT2D eigenvalue weighted by molar-refractivity contribution is 5.95. The molecule has 0 saturated carbocycles. The van der Waals surface area contributed by atoms with E-state index in [0.29, 0.717) is 35.5 Å². The Bertz CT molecular complexity index is 1180. The molecule has 1 unspecified atom stereocenters. The number of aromatic amines is 1. The molecule has 0 radical (unpaired) electrons. The van der Waals surface area contributed by atoms with Gasteiger partial charge in [0.25, 0.3) is 11.6 Å². The number of benzene rings is 2. The first-order valence-corrected chi connectivity index (χ1v) is 10.2. The highest BCUT2D eigenvalue weighted by Crippen LogP contribution is 2.35. The van der Waals surface area contributed by atoms with Gasteiger partial charge in [-0.15, -0.1) is 0 Å². The number of H-pyrrole nitrogens is 1. The van der Waals surface area contributed by atoms with Crippen LogP contribution in [0.15, 0.2) is 51.8 Å². The number of aryl methyl sites for hydroxylation is 1. The summed E-state index contributed by atoms with van der Waals surface area (Å²) < 4.78 is 4.58. The summed E-state index contributed by atoms with van der Waals surface area (Å²) in [4.78, 5) is 39.9. The molecule has 1 aliphatic rings. The summed E-state index contributed by atoms with van der Waals surface area (Å²) in [5, 5.41) is 15.2. The van der Waals surface area contributed by atoms with Crippen molar-refractivity contribution in [3.05, 3.63) is 79.8 Å². The number of nitrogens with zero attached hydrogens (tertiary/aromatic N) is 3. The molecule has 1 atom stereocenters. The Morgan fingerprint density at radius 2 is 2.16 bits per heavy atom. The standard InChI is InChI=1S/C22H22N4O5/c1-2-5-14-9-10-17(13-19(14)26(29)30)21(27)25-11-4-8-18(25)15-6-3-7-16(12-15)20-23-22(28)31-24-20/h3,6-7,9-10,12-13,18H,2,4-5,8,11H2,1H3,(H,23,24,28). The van der Waals surface area contributed by atoms with E-state index in [4.69, 9.17) is 0 Å². The van der Waals surface area contributed by atoms with Crippen molar-refractivity contribution in [2.45, 2.75) is 38.6 Å². The lowest BCUT2D eigenvalue weighted by Crippen LogP contribution is -2.30. The second-order valence-corrected chi connectivity index (χ2v) is 7.58. The fraction of sp³-hybridized carbons (Fsp3) is 0.318. The molecule has 0 spiro atoms. The van der Waals surface area contributed by atoms with E-state index in [9.17, 15) is 19.7 Å². The molecule has 3 aromatic rings. The summed E-state index contributed by atoms with van der Waals surface area (Å²) in [5.74, 6) is -0.537. The van der Waals surface area contributed by atoms with Crippen LogP contribution in [0.3, 0.4) is 0 Å². The molecule has 160 valence electrons. The van der Waals surface area contributed by atoms with Crippen molar-refractivity contribution in [2.24, 2.45) is 0 Å². The van der Waals surface area contributed by atoms with Crippen LogP contribution in [-0.2, 0) is 6.42 Å². The van der Waals surface area contributed by atoms with Crippen molar-refractivity contribution >= 4 is 11.6 Å². The second-order valence-electron chi connectivity index (χ2n) is 7.58. The Hall–Kier alpha value is -3.75. The molecular weight excluding hydrogens is 400 g/mol. The minimum atomic E-state index is -0.633. The van der Waals surface area contributed by atoms with Crippen molar-refractivity contribution in [3.8, 4) is 11.4 Å². The third kappa shape index (κ3) is 4.11. The van der Waals surface area contributed by atoms with Crippen molar-refractivity contribution in [1.82, 2.24) is 15.0 Å². The lowest BCUT2D eigenvalue weighted by atomic mass is 10.0. The molecule has 2 aromatic carbocycles. The van der Waals surface area contributed by atoms with Gasteiger partial charge in [-0.25, -0.2) is 4.79 Å². The summed E-state index contributed by atoms with van der Waals surface area (Å²) >= 11 is 0. The van der Waals surface area contributed by atoms with E-state index in [1.165, 1.54) is 6.07 Å². The van der Waals surface area contributed by atoms with Gasteiger partial charge in [0.1, 0.15) is 0 Å². The molecule has 31 heavy (non-hydrogen) atoms. The molecule has 1 fully saturated rings. The van der Waals surface area contributed by atoms with Crippen LogP contribution in [0.5, 0.6) is 0 Å². The zero-order chi connectivity index (χ0) is 22.0. The monoisotopic (exact) mass is 422 g/mol. The molecule has 0 aliphatic carbocycles. The van der Waals surface area contributed by atoms with Gasteiger partial charge >= 0.3 is 5.76 Å². The first kappa shape index (κ1) is 20.5. The summed E-state index contributed by atoms with van der Waals surface area (Å²) in [5.41, 5.74) is 2.53. The highest BCUT2D eigenvalue weighted by atomic mass is 16.6. The molecule has 1 N–H and O–H groups in total. The average Bonchev–Trinajstić information content (AvgIpc) is 3.43. The molecule has 1 aromatic heterocycles. The quantitative estimate of drug-likeness (QED) is 0.475. The number of nitro benzene ring substituents is 1. The zero-order valence-corrected chi connectivity index (χ0v) is 17.0. The van der Waals surface area contributed by atoms with Crippen molar-refractivity contribution in [2.75, 3.05) is 6.54 Å². The minimum Gasteiger partial charge on any atom is -0.332 e. The predicted molar refractivity (Wildman–Crippen MR) is 113 cm³/mol. The number of hydrogen-bond donors (Lipinski definition) is 1. The van der Waals surface area contributed by atoms with Crippen molar-refractivity contribution in [3.63, 3.8) is 0 Å². The third-order valence-electron chi connectivity index (χ3n) is 5.55. The topological polar surface area (TPSA) is 122 Å². The fourth-order valence-corrected chi connectivity index (χ4v) is 4.12. The van der Waals surface area contributed by atoms with E-state index in [2.05, 4.69) is 14.7 Å². The van der Waals surface area contributed by atoms with E-state index >= 15 is 0 Å². The van der Waals surface area contributed by atoms with E-state index < -0.39 is 10.7 Å². The molecular formula is C22H22N4O5. The summed E-state index contributed by atoms with van der Waals surface area (Å²) in [6.45, 7) is 2.53. The average molecular weight is 422 g/mol. The van der Waals surface area contributed by atoms with Gasteiger partial charge in [-0.05, 0) is 37.0 Å². The molecule has 2 heterocycles. The first-order chi connectivity index (χ1) is 15.0. The Kier molecular flexibility index (Phi) is 5.66. The van der Waals surface area contributed by atoms with Gasteiger partial charge < -0.3 is 4.90 Å². The Morgan fingerprint density at radius 3 is 2.87 bits per heavy atom. The maximum Gasteiger partial charge on any atom is 0.439 e. The maximum absolute atomic E-state index is 13.3. The Morgan fingerprint density at radius 1 is 1.32 bits per heavy atom. The van der Waals surface area contributed by atoms with Crippen LogP contribution in [0.1, 0.15) is 53.7 Å². The highest BCUT2D eigenvalue weighted by Gasteiger charge is 2.31. The van der Waals surface area contributed by atoms with E-state index in [1.807, 2.05) is 25.1 Å². The first-order valence-electron chi connectivity index (χ1n) is 10.2. The third-order valence-corrected chi connectivity index (χ3v) is 5.55. The molecule has 1 saturated heterocycles. The number of aromatic nitrogens is 2. The van der Waals surface area contributed by atoms with Gasteiger partial charge in [0.15, 0.2) is 5.82 Å². The van der Waals surface area contributed by atoms with Crippen molar-refractivity contribution < 1.29 is 14.2 Å². The Balaban J connectivity index is 1.63. The number of nitrogens with one attached hydrogen (secondary N) is 1. The van der Waals surface area contributed by atoms with Gasteiger partial charge in [0.05, 0.1) is 11.0 Å². The summed E-state index contributed by atoms with van der Waals surface area (Å²) in [6, 6.07) is 12.0. The van der Waals surface area contributed by atoms with Crippen LogP contribution in [0.4, 0.5) is 5.69 Å². The van der Waals surface area contributed by atoms with E-state index in [0.717, 1.165) is 24.8 Å². The molecule has 1 aliphatic heterocycles. The van der Waals surface area contributed by atoms with Gasteiger partial charge in [0, 0.05) is 29.3 Å². The number of amides is 1. The van der Waals surface area contributed by atoms with Crippen LogP contribution in [-0.4, -0.2) is 32.4 Å². The van der Waals surface area contributed by atoms with Gasteiger partial charge in [0.2, 0.25) is 0 Å². The van der Waals surface area contributed by atoms with Crippen molar-refractivity contribution in [1.29, 1.82) is 0 Å². The number of nitro groups is 1. The van der Waals surface area contributed by atoms with Crippen LogP contribution in [0.2, 0.25) is 0 Å². The Labute approximate surface area is 177 Å². The van der Waals surface area contributed by atoms with Crippen LogP contribution < -0.4 is 5.76 Å². The number of likely N-dealkylation sites (tertiary alicyclic amines) is 1. The summed E-state index contributed by atoms with van der Waals surface area (Å²) in [6.07, 6.45) is 2.99. The minimum absolute atomic E-state index is 0.0135. The van der Waals surface area contributed by atoms with Crippen LogP contribution >= 0.6 is 0 Å². The predicted octanol–water partition coefficient (Wildman–Crippen LogP) is 3.87. The molecule has 1 amide bonds. The number of hydrogen-bond acceptors (Lipinski definition) is 6. The molecule has 9 heteroatoms. The molecule has 0 bridgehead atoms. The largest absolute Gasteiger partial charge is 0.439 e. The van der Waals surface area contributed by atoms with E-state index in [-0.39, 0.29) is 17.6 Å². The molecule has 4 rings (SSSR count). The SMILES string of the molecule is CCCc1ccc(C(=O)N2CCCC2c2cccc(-c3noc(=O)[nH]3)c2)cc1[N+](=O)[O-]. The maximum atomic E-state index is 13.3. The van der Waals surface area contributed by atoms with Gasteiger partial charge in [-0.3, -0.25) is 24.4 Å². The second kappa shape index (κ2) is 8.55. The zero-order valence-electron chi connectivity index (χ0n) is 17.0. The lowest BCUT2D eigenvalue weighted by molar-refractivity contribution is -0.385. The summed E-state index contributed by atoms with van der Waals surface area (Å²) in [7, 11) is 0. The van der Waals surface area contributed by atoms with Gasteiger partial charge in [-0.1, -0.05) is 42.8 Å². The van der Waals surface area contributed by atoms with Gasteiger partial charge in [-0.2, -0.15) is 0 Å². The fourth-order valence-electron chi connectivity index (χ4n) is 4.12. The lowest BCUT2D eigenvalue weighted by Gasteiger charge is -2.25. The molecule has 9 nitrogen and oxygen atoms in total. The van der Waals surface area contributed by atoms with Crippen LogP contribution in [0.25, 0.3) is 11.4 Å². The number of carbonyl (C=O) groups excluding carboxylic acids is 1. The number of carbonyl (C=O) groups is 1. The van der Waals surface area contributed by atoms with Crippen LogP contribution in [0, 0.1) is 10.1 Å². The van der Waals surface area contributed by atoms with E-state index in [1.54, 1.807) is 23.1 Å².